The zero-order valence-corrected chi connectivity index (χ0v) is 14.5. The van der Waals surface area contributed by atoms with Crippen LogP contribution in [0.3, 0.4) is 0 Å². The average molecular weight is 277 g/mol. The van der Waals surface area contributed by atoms with E-state index in [1.54, 1.807) is 11.3 Å². The number of likely N-dealkylation sites (N-methyl/N-ethyl adjacent to an activating group) is 1. The normalized spacial score (nSPS) is 27.5. The van der Waals surface area contributed by atoms with Gasteiger partial charge in [0.25, 0.3) is 0 Å². The first-order chi connectivity index (χ1) is 9.12. The maximum Gasteiger partial charge on any atom is 0.109 e. The van der Waals surface area contributed by atoms with Gasteiger partial charge in [-0.15, -0.1) is 0 Å². The Balaban J connectivity index is 2.45. The van der Waals surface area contributed by atoms with Crippen LogP contribution in [0.1, 0.15) is 48.0 Å². The number of hydrogen-bond acceptors (Lipinski definition) is 3. The van der Waals surface area contributed by atoms with Gasteiger partial charge in [0, 0.05) is 30.1 Å². The summed E-state index contributed by atoms with van der Waals surface area (Å²) in [5.41, 5.74) is 3.21. The van der Waals surface area contributed by atoms with E-state index in [9.17, 15) is 0 Å². The van der Waals surface area contributed by atoms with Gasteiger partial charge in [-0.2, -0.15) is 0 Å². The van der Waals surface area contributed by atoms with Gasteiger partial charge in [-0.05, 0) is 32.5 Å². The van der Waals surface area contributed by atoms with Crippen LogP contribution in [-0.2, 0) is 0 Å². The van der Waals surface area contributed by atoms with Crippen molar-refractivity contribution in [2.45, 2.75) is 60.0 Å². The maximum absolute atomic E-state index is 5.06. The largest absolute Gasteiger partial charge is 0.332 e. The zero-order chi connectivity index (χ0) is 15.2. The molecule has 20 heavy (non-hydrogen) atoms. The monoisotopic (exact) mass is 277 g/mol. The van der Waals surface area contributed by atoms with Crippen molar-refractivity contribution < 1.29 is 0 Å². The summed E-state index contributed by atoms with van der Waals surface area (Å²) in [5.74, 6) is 1.85. The van der Waals surface area contributed by atoms with Gasteiger partial charge in [-0.25, -0.2) is 0 Å². The first-order valence-electron chi connectivity index (χ1n) is 7.88. The number of nitrogens with zero attached hydrogens (tertiary/aromatic N) is 3. The standard InChI is InChI=1S/C17H31N3/c1-11(2)15-12(3)18-16(17(4,5)6)20-10-13(19(7)8)9-14(15)20/h11-13H,9-10H2,1-8H3/t12-,13-/m0/s1. The van der Waals surface area contributed by atoms with Crippen LogP contribution in [0.5, 0.6) is 0 Å². The van der Waals surface area contributed by atoms with E-state index >= 15 is 0 Å². The third-order valence-electron chi connectivity index (χ3n) is 4.53. The molecule has 2 aliphatic heterocycles. The Morgan fingerprint density at radius 1 is 1.25 bits per heavy atom. The van der Waals surface area contributed by atoms with E-state index in [0.29, 0.717) is 18.0 Å². The second-order valence-corrected chi connectivity index (χ2v) is 7.87. The van der Waals surface area contributed by atoms with E-state index < -0.39 is 0 Å². The first kappa shape index (κ1) is 15.6. The zero-order valence-electron chi connectivity index (χ0n) is 14.5. The van der Waals surface area contributed by atoms with Crippen LogP contribution in [0.4, 0.5) is 0 Å². The van der Waals surface area contributed by atoms with Gasteiger partial charge < -0.3 is 9.80 Å². The lowest BCUT2D eigenvalue weighted by molar-refractivity contribution is 0.296. The molecule has 3 nitrogen and oxygen atoms in total. The molecule has 0 radical (unpaired) electrons. The fraction of sp³-hybridized carbons (Fsp3) is 0.824. The molecule has 0 unspecified atom stereocenters. The second-order valence-electron chi connectivity index (χ2n) is 7.87. The van der Waals surface area contributed by atoms with Crippen LogP contribution < -0.4 is 0 Å². The molecular weight excluding hydrogens is 246 g/mol. The molecule has 0 amide bonds. The van der Waals surface area contributed by atoms with E-state index in [1.807, 2.05) is 0 Å². The summed E-state index contributed by atoms with van der Waals surface area (Å²) in [6, 6.07) is 0.938. The van der Waals surface area contributed by atoms with Crippen molar-refractivity contribution in [2.24, 2.45) is 16.3 Å². The van der Waals surface area contributed by atoms with E-state index in [1.165, 1.54) is 12.3 Å². The quantitative estimate of drug-likeness (QED) is 0.770. The fourth-order valence-corrected chi connectivity index (χ4v) is 3.53. The molecule has 1 saturated heterocycles. The molecule has 2 rings (SSSR count). The summed E-state index contributed by atoms with van der Waals surface area (Å²) in [6.07, 6.45) is 1.17. The predicted octanol–water partition coefficient (Wildman–Crippen LogP) is 3.38. The number of amidine groups is 1. The molecule has 0 aromatic rings. The van der Waals surface area contributed by atoms with E-state index in [0.717, 1.165) is 6.54 Å². The maximum atomic E-state index is 5.06. The predicted molar refractivity (Wildman–Crippen MR) is 87.0 cm³/mol. The van der Waals surface area contributed by atoms with Crippen molar-refractivity contribution in [1.82, 2.24) is 9.80 Å². The minimum Gasteiger partial charge on any atom is -0.332 e. The van der Waals surface area contributed by atoms with Crippen molar-refractivity contribution in [3.05, 3.63) is 11.3 Å². The Kier molecular flexibility index (Phi) is 4.03. The lowest BCUT2D eigenvalue weighted by atomic mass is 9.88. The Bertz CT molecular complexity index is 438. The van der Waals surface area contributed by atoms with Crippen LogP contribution in [0, 0.1) is 11.3 Å². The minimum atomic E-state index is 0.114. The summed E-state index contributed by atoms with van der Waals surface area (Å²) in [4.78, 5) is 9.93. The van der Waals surface area contributed by atoms with Crippen LogP contribution in [0.2, 0.25) is 0 Å². The Morgan fingerprint density at radius 2 is 1.85 bits per heavy atom. The SMILES string of the molecule is CC(C)C1=C2C[C@H](N(C)C)CN2C(C(C)(C)C)=N[C@H]1C. The van der Waals surface area contributed by atoms with Crippen molar-refractivity contribution in [3.63, 3.8) is 0 Å². The van der Waals surface area contributed by atoms with Crippen LogP contribution in [-0.4, -0.2) is 48.4 Å². The van der Waals surface area contributed by atoms with Crippen LogP contribution >= 0.6 is 0 Å². The molecule has 0 aliphatic carbocycles. The van der Waals surface area contributed by atoms with Gasteiger partial charge in [0.05, 0.1) is 6.04 Å². The van der Waals surface area contributed by atoms with E-state index in [4.69, 9.17) is 4.99 Å². The van der Waals surface area contributed by atoms with Crippen molar-refractivity contribution >= 4 is 5.84 Å². The topological polar surface area (TPSA) is 18.8 Å². The molecule has 2 atom stereocenters. The Hall–Kier alpha value is -0.830. The molecule has 0 N–H and O–H groups in total. The summed E-state index contributed by atoms with van der Waals surface area (Å²) >= 11 is 0. The first-order valence-corrected chi connectivity index (χ1v) is 7.88. The highest BCUT2D eigenvalue weighted by Gasteiger charge is 2.40. The highest BCUT2D eigenvalue weighted by molar-refractivity contribution is 5.90. The molecule has 0 aromatic heterocycles. The van der Waals surface area contributed by atoms with Crippen molar-refractivity contribution in [2.75, 3.05) is 20.6 Å². The molecule has 0 spiro atoms. The summed E-state index contributed by atoms with van der Waals surface area (Å²) in [5, 5.41) is 0. The van der Waals surface area contributed by atoms with Gasteiger partial charge in [0.2, 0.25) is 0 Å². The summed E-state index contributed by atoms with van der Waals surface area (Å²) < 4.78 is 0. The highest BCUT2D eigenvalue weighted by atomic mass is 15.3. The Morgan fingerprint density at radius 3 is 2.30 bits per heavy atom. The minimum absolute atomic E-state index is 0.114. The summed E-state index contributed by atoms with van der Waals surface area (Å²) in [7, 11) is 4.38. The number of hydrogen-bond donors (Lipinski definition) is 0. The fourth-order valence-electron chi connectivity index (χ4n) is 3.53. The third kappa shape index (κ3) is 2.65. The van der Waals surface area contributed by atoms with E-state index in [-0.39, 0.29) is 5.41 Å². The number of fused-ring (bicyclic) bond motifs is 1. The van der Waals surface area contributed by atoms with Gasteiger partial charge in [-0.3, -0.25) is 4.99 Å². The number of rotatable bonds is 2. The van der Waals surface area contributed by atoms with Crippen molar-refractivity contribution in [1.29, 1.82) is 0 Å². The van der Waals surface area contributed by atoms with Crippen LogP contribution in [0.25, 0.3) is 0 Å². The van der Waals surface area contributed by atoms with Gasteiger partial charge >= 0.3 is 0 Å². The molecule has 3 heteroatoms. The lowest BCUT2D eigenvalue weighted by Gasteiger charge is -2.38. The average Bonchev–Trinajstić information content (AvgIpc) is 2.69. The molecule has 0 aromatic carbocycles. The lowest BCUT2D eigenvalue weighted by Crippen LogP contribution is -2.43. The molecule has 0 bridgehead atoms. The molecule has 2 aliphatic rings. The smallest absolute Gasteiger partial charge is 0.109 e. The van der Waals surface area contributed by atoms with Crippen molar-refractivity contribution in [3.8, 4) is 0 Å². The summed E-state index contributed by atoms with van der Waals surface area (Å²) in [6.45, 7) is 14.8. The van der Waals surface area contributed by atoms with Gasteiger partial charge in [0.1, 0.15) is 5.84 Å². The van der Waals surface area contributed by atoms with Crippen LogP contribution in [0.15, 0.2) is 16.3 Å². The Labute approximate surface area is 124 Å². The molecule has 2 heterocycles. The van der Waals surface area contributed by atoms with Gasteiger partial charge in [-0.1, -0.05) is 34.6 Å². The number of aliphatic imine (C=N–C) groups is 1. The molecule has 1 fully saturated rings. The second kappa shape index (κ2) is 5.18. The highest BCUT2D eigenvalue weighted by Crippen LogP contribution is 2.39. The molecule has 0 saturated carbocycles. The molecule has 114 valence electrons. The van der Waals surface area contributed by atoms with Gasteiger partial charge in [0.15, 0.2) is 0 Å². The van der Waals surface area contributed by atoms with E-state index in [2.05, 4.69) is 65.4 Å². The molecular formula is C17H31N3. The third-order valence-corrected chi connectivity index (χ3v) is 4.53.